The number of fused-ring (bicyclic) bond motifs is 1. The van der Waals surface area contributed by atoms with Gasteiger partial charge in [0.1, 0.15) is 0 Å². The second kappa shape index (κ2) is 4.28. The van der Waals surface area contributed by atoms with Crippen molar-refractivity contribution in [2.24, 2.45) is 0 Å². The number of aromatic nitrogens is 1. The number of hydrogen-bond donors (Lipinski definition) is 2. The minimum absolute atomic E-state index is 0.155. The van der Waals surface area contributed by atoms with Gasteiger partial charge in [-0.3, -0.25) is 4.84 Å². The monoisotopic (exact) mass is 218 g/mol. The van der Waals surface area contributed by atoms with Crippen LogP contribution in [0.5, 0.6) is 0 Å². The van der Waals surface area contributed by atoms with Gasteiger partial charge < -0.3 is 4.98 Å². The highest BCUT2D eigenvalue weighted by Crippen LogP contribution is 2.14. The minimum Gasteiger partial charge on any atom is -0.361 e. The van der Waals surface area contributed by atoms with E-state index in [0.29, 0.717) is 0 Å². The number of hydroxylamine groups is 1. The summed E-state index contributed by atoms with van der Waals surface area (Å²) in [5.74, 6) is 0. The van der Waals surface area contributed by atoms with Gasteiger partial charge in [0.05, 0.1) is 5.60 Å². The molecule has 0 saturated heterocycles. The zero-order valence-corrected chi connectivity index (χ0v) is 10.0. The van der Waals surface area contributed by atoms with Crippen LogP contribution in [0, 0.1) is 0 Å². The lowest BCUT2D eigenvalue weighted by Gasteiger charge is -2.19. The predicted molar refractivity (Wildman–Crippen MR) is 66.0 cm³/mol. The van der Waals surface area contributed by atoms with Crippen LogP contribution in [0.3, 0.4) is 0 Å². The van der Waals surface area contributed by atoms with E-state index in [1.807, 2.05) is 27.0 Å². The maximum absolute atomic E-state index is 5.47. The Balaban J connectivity index is 1.99. The van der Waals surface area contributed by atoms with Crippen LogP contribution < -0.4 is 5.48 Å². The molecule has 86 valence electrons. The first-order valence-electron chi connectivity index (χ1n) is 5.51. The topological polar surface area (TPSA) is 37.0 Å². The fourth-order valence-electron chi connectivity index (χ4n) is 1.55. The van der Waals surface area contributed by atoms with E-state index >= 15 is 0 Å². The van der Waals surface area contributed by atoms with Gasteiger partial charge in [-0.25, -0.2) is 0 Å². The third-order valence-electron chi connectivity index (χ3n) is 2.27. The van der Waals surface area contributed by atoms with Gasteiger partial charge in [-0.1, -0.05) is 6.07 Å². The largest absolute Gasteiger partial charge is 0.361 e. The van der Waals surface area contributed by atoms with Gasteiger partial charge in [0.2, 0.25) is 0 Å². The predicted octanol–water partition coefficient (Wildman–Crippen LogP) is 2.99. The van der Waals surface area contributed by atoms with Crippen LogP contribution in [-0.4, -0.2) is 10.6 Å². The molecule has 3 nitrogen and oxygen atoms in total. The lowest BCUT2D eigenvalue weighted by Crippen LogP contribution is -2.28. The number of aromatic amines is 1. The summed E-state index contributed by atoms with van der Waals surface area (Å²) in [7, 11) is 0. The Morgan fingerprint density at radius 1 is 1.25 bits per heavy atom. The number of H-pyrrole nitrogens is 1. The van der Waals surface area contributed by atoms with Crippen LogP contribution in [0.2, 0.25) is 0 Å². The van der Waals surface area contributed by atoms with E-state index in [2.05, 4.69) is 34.7 Å². The van der Waals surface area contributed by atoms with Crippen molar-refractivity contribution in [1.82, 2.24) is 10.5 Å². The Morgan fingerprint density at radius 2 is 2.06 bits per heavy atom. The molecule has 0 spiro atoms. The molecular weight excluding hydrogens is 200 g/mol. The highest BCUT2D eigenvalue weighted by molar-refractivity contribution is 5.79. The van der Waals surface area contributed by atoms with Crippen molar-refractivity contribution in [3.8, 4) is 0 Å². The minimum atomic E-state index is -0.155. The molecule has 0 aliphatic rings. The summed E-state index contributed by atoms with van der Waals surface area (Å²) in [5.41, 5.74) is 5.22. The molecule has 0 amide bonds. The molecule has 2 rings (SSSR count). The average molecular weight is 218 g/mol. The van der Waals surface area contributed by atoms with Crippen molar-refractivity contribution in [3.05, 3.63) is 36.0 Å². The Bertz CT molecular complexity index is 468. The quantitative estimate of drug-likeness (QED) is 0.777. The fraction of sp³-hybridized carbons (Fsp3) is 0.385. The van der Waals surface area contributed by atoms with E-state index in [1.165, 1.54) is 16.5 Å². The van der Waals surface area contributed by atoms with Gasteiger partial charge in [0, 0.05) is 18.3 Å². The zero-order chi connectivity index (χ0) is 11.6. The Labute approximate surface area is 95.8 Å². The Hall–Kier alpha value is -1.32. The van der Waals surface area contributed by atoms with Crippen LogP contribution >= 0.6 is 0 Å². The molecule has 0 atom stereocenters. The first-order chi connectivity index (χ1) is 7.54. The van der Waals surface area contributed by atoms with E-state index in [4.69, 9.17) is 4.84 Å². The summed E-state index contributed by atoms with van der Waals surface area (Å²) < 4.78 is 0. The van der Waals surface area contributed by atoms with Crippen molar-refractivity contribution < 1.29 is 4.84 Å². The second-order valence-corrected chi connectivity index (χ2v) is 4.93. The number of rotatable bonds is 3. The van der Waals surface area contributed by atoms with Gasteiger partial charge in [-0.05, 0) is 49.9 Å². The van der Waals surface area contributed by atoms with E-state index in [0.717, 1.165) is 6.54 Å². The standard InChI is InChI=1S/C13H18N2O/c1-13(2,3)16-15-9-10-4-5-12-11(8-10)6-7-14-12/h4-8,14-15H,9H2,1-3H3. The van der Waals surface area contributed by atoms with Crippen molar-refractivity contribution in [1.29, 1.82) is 0 Å². The van der Waals surface area contributed by atoms with Crippen molar-refractivity contribution in [2.45, 2.75) is 32.9 Å². The van der Waals surface area contributed by atoms with Crippen LogP contribution in [0.1, 0.15) is 26.3 Å². The highest BCUT2D eigenvalue weighted by Gasteiger charge is 2.09. The molecule has 1 heterocycles. The van der Waals surface area contributed by atoms with Crippen LogP contribution in [0.25, 0.3) is 10.9 Å². The van der Waals surface area contributed by atoms with E-state index in [-0.39, 0.29) is 5.60 Å². The lowest BCUT2D eigenvalue weighted by atomic mass is 10.1. The molecule has 1 aromatic carbocycles. The van der Waals surface area contributed by atoms with Gasteiger partial charge in [0.25, 0.3) is 0 Å². The van der Waals surface area contributed by atoms with Gasteiger partial charge >= 0.3 is 0 Å². The summed E-state index contributed by atoms with van der Waals surface area (Å²) in [4.78, 5) is 8.64. The average Bonchev–Trinajstić information content (AvgIpc) is 2.62. The van der Waals surface area contributed by atoms with E-state index in [1.54, 1.807) is 0 Å². The third-order valence-corrected chi connectivity index (χ3v) is 2.27. The molecular formula is C13H18N2O. The molecule has 1 aromatic heterocycles. The molecule has 2 aromatic rings. The molecule has 0 radical (unpaired) electrons. The van der Waals surface area contributed by atoms with Crippen molar-refractivity contribution in [3.63, 3.8) is 0 Å². The molecule has 2 N–H and O–H groups in total. The van der Waals surface area contributed by atoms with Crippen LogP contribution in [0.4, 0.5) is 0 Å². The smallest absolute Gasteiger partial charge is 0.0813 e. The van der Waals surface area contributed by atoms with Crippen molar-refractivity contribution >= 4 is 10.9 Å². The van der Waals surface area contributed by atoms with Crippen molar-refractivity contribution in [2.75, 3.05) is 0 Å². The second-order valence-electron chi connectivity index (χ2n) is 4.93. The Morgan fingerprint density at radius 3 is 2.81 bits per heavy atom. The number of hydrogen-bond acceptors (Lipinski definition) is 2. The maximum Gasteiger partial charge on any atom is 0.0813 e. The normalized spacial score (nSPS) is 12.2. The molecule has 0 saturated carbocycles. The Kier molecular flexibility index (Phi) is 2.99. The van der Waals surface area contributed by atoms with Gasteiger partial charge in [0.15, 0.2) is 0 Å². The third kappa shape index (κ3) is 2.84. The molecule has 3 heteroatoms. The molecule has 0 fully saturated rings. The molecule has 16 heavy (non-hydrogen) atoms. The summed E-state index contributed by atoms with van der Waals surface area (Å²) in [6.45, 7) is 6.79. The van der Waals surface area contributed by atoms with Crippen LogP contribution in [0.15, 0.2) is 30.5 Å². The lowest BCUT2D eigenvalue weighted by molar-refractivity contribution is -0.0757. The fourth-order valence-corrected chi connectivity index (χ4v) is 1.55. The first kappa shape index (κ1) is 11.2. The summed E-state index contributed by atoms with van der Waals surface area (Å²) in [6, 6.07) is 8.41. The number of nitrogens with one attached hydrogen (secondary N) is 2. The van der Waals surface area contributed by atoms with Crippen LogP contribution in [-0.2, 0) is 11.4 Å². The molecule has 0 unspecified atom stereocenters. The molecule has 0 aliphatic carbocycles. The first-order valence-corrected chi connectivity index (χ1v) is 5.51. The molecule has 0 aliphatic heterocycles. The summed E-state index contributed by atoms with van der Waals surface area (Å²) in [6.07, 6.45) is 1.95. The van der Waals surface area contributed by atoms with Gasteiger partial charge in [-0.2, -0.15) is 5.48 Å². The molecule has 0 bridgehead atoms. The van der Waals surface area contributed by atoms with E-state index in [9.17, 15) is 0 Å². The SMILES string of the molecule is CC(C)(C)ONCc1ccc2[nH]ccc2c1. The number of benzene rings is 1. The summed E-state index contributed by atoms with van der Waals surface area (Å²) >= 11 is 0. The maximum atomic E-state index is 5.47. The zero-order valence-electron chi connectivity index (χ0n) is 10.0. The summed E-state index contributed by atoms with van der Waals surface area (Å²) in [5, 5.41) is 1.23. The van der Waals surface area contributed by atoms with E-state index < -0.39 is 0 Å². The van der Waals surface area contributed by atoms with Gasteiger partial charge in [-0.15, -0.1) is 0 Å². The highest BCUT2D eigenvalue weighted by atomic mass is 16.7.